The molecule has 0 aliphatic rings. The highest BCUT2D eigenvalue weighted by molar-refractivity contribution is 6.86. The van der Waals surface area contributed by atoms with Crippen molar-refractivity contribution in [3.8, 4) is 0 Å². The smallest absolute Gasteiger partial charge is 0.413 e. The maximum Gasteiger partial charge on any atom is 0.527 e. The second-order valence-electron chi connectivity index (χ2n) is 6.37. The molecule has 0 heterocycles. The van der Waals surface area contributed by atoms with Gasteiger partial charge in [0.05, 0.1) is 0 Å². The van der Waals surface area contributed by atoms with Gasteiger partial charge in [0, 0.05) is 18.4 Å². The van der Waals surface area contributed by atoms with E-state index in [0.717, 1.165) is 21.9 Å². The van der Waals surface area contributed by atoms with E-state index in [9.17, 15) is 0 Å². The molecule has 5 heteroatoms. The minimum absolute atomic E-state index is 0.582. The Labute approximate surface area is 137 Å². The molecule has 0 saturated heterocycles. The van der Waals surface area contributed by atoms with Crippen LogP contribution in [-0.2, 0) is 13.0 Å². The maximum atomic E-state index is 6.53. The summed E-state index contributed by atoms with van der Waals surface area (Å²) in [6, 6.07) is 4.26. The lowest BCUT2D eigenvalue weighted by Gasteiger charge is -2.36. The summed E-state index contributed by atoms with van der Waals surface area (Å²) in [6.07, 6.45) is 1.87. The molecule has 0 aliphatic carbocycles. The van der Waals surface area contributed by atoms with E-state index in [4.69, 9.17) is 13.0 Å². The van der Waals surface area contributed by atoms with Crippen LogP contribution in [0.15, 0.2) is 18.7 Å². The minimum Gasteiger partial charge on any atom is -0.413 e. The van der Waals surface area contributed by atoms with Crippen LogP contribution in [-0.4, -0.2) is 30.3 Å². The fourth-order valence-corrected chi connectivity index (χ4v) is 9.02. The molecule has 0 saturated carbocycles. The molecule has 0 N–H and O–H groups in total. The highest BCUT2D eigenvalue weighted by atomic mass is 28.5. The Balaban J connectivity index is 3.52. The zero-order chi connectivity index (χ0) is 17.0. The van der Waals surface area contributed by atoms with Gasteiger partial charge in [-0.3, -0.25) is 0 Å². The molecule has 1 aromatic rings. The van der Waals surface area contributed by atoms with Crippen molar-refractivity contribution in [2.45, 2.75) is 47.3 Å². The molecule has 3 nitrogen and oxygen atoms in total. The quantitative estimate of drug-likeness (QED) is 0.670. The molecule has 0 aliphatic heterocycles. The van der Waals surface area contributed by atoms with Gasteiger partial charge in [0.25, 0.3) is 0 Å². The van der Waals surface area contributed by atoms with Crippen LogP contribution in [0.4, 0.5) is 0 Å². The molecule has 0 aromatic heterocycles. The SMILES string of the molecule is C=Cc1cc(C)c([Si](OCC)(OCC)O[Si](C)(C)C)c(C)c1. The zero-order valence-electron chi connectivity index (χ0n) is 15.1. The predicted octanol–water partition coefficient (Wildman–Crippen LogP) is 4.02. The standard InChI is InChI=1S/C17H30O3Si2/c1-9-16-12-14(4)17(15(5)13-16)22(18-10-2,19-11-3)20-21(6,7)8/h9,12-13H,1,10-11H2,2-8H3. The summed E-state index contributed by atoms with van der Waals surface area (Å²) in [5.74, 6) is 0. The summed E-state index contributed by atoms with van der Waals surface area (Å²) in [6.45, 7) is 19.7. The van der Waals surface area contributed by atoms with Crippen molar-refractivity contribution >= 4 is 28.4 Å². The largest absolute Gasteiger partial charge is 0.527 e. The van der Waals surface area contributed by atoms with Crippen LogP contribution in [0.1, 0.15) is 30.5 Å². The van der Waals surface area contributed by atoms with E-state index < -0.39 is 17.1 Å². The average molecular weight is 339 g/mol. The van der Waals surface area contributed by atoms with Crippen molar-refractivity contribution in [1.29, 1.82) is 0 Å². The van der Waals surface area contributed by atoms with Crippen LogP contribution >= 0.6 is 0 Å². The van der Waals surface area contributed by atoms with Crippen LogP contribution < -0.4 is 5.19 Å². The van der Waals surface area contributed by atoms with E-state index in [1.165, 1.54) is 0 Å². The first kappa shape index (κ1) is 19.3. The molecule has 0 fully saturated rings. The lowest BCUT2D eigenvalue weighted by Crippen LogP contribution is -2.62. The van der Waals surface area contributed by atoms with Crippen molar-refractivity contribution in [3.63, 3.8) is 0 Å². The van der Waals surface area contributed by atoms with Crippen LogP contribution in [0.5, 0.6) is 0 Å². The Morgan fingerprint density at radius 2 is 1.45 bits per heavy atom. The van der Waals surface area contributed by atoms with Crippen LogP contribution in [0.3, 0.4) is 0 Å². The Morgan fingerprint density at radius 1 is 1.00 bits per heavy atom. The molecule has 124 valence electrons. The number of aryl methyl sites for hydroxylation is 2. The first-order valence-corrected chi connectivity index (χ1v) is 13.0. The molecule has 1 aromatic carbocycles. The average Bonchev–Trinajstić information content (AvgIpc) is 2.36. The first-order valence-electron chi connectivity index (χ1n) is 7.91. The summed E-state index contributed by atoms with van der Waals surface area (Å²) in [4.78, 5) is 0. The summed E-state index contributed by atoms with van der Waals surface area (Å²) in [7, 11) is -4.73. The van der Waals surface area contributed by atoms with Gasteiger partial charge in [-0.2, -0.15) is 0 Å². The van der Waals surface area contributed by atoms with Crippen molar-refractivity contribution in [1.82, 2.24) is 0 Å². The van der Waals surface area contributed by atoms with Gasteiger partial charge in [-0.1, -0.05) is 24.8 Å². The Bertz CT molecular complexity index is 492. The van der Waals surface area contributed by atoms with Gasteiger partial charge in [-0.15, -0.1) is 0 Å². The first-order chi connectivity index (χ1) is 10.2. The molecule has 0 radical (unpaired) electrons. The zero-order valence-corrected chi connectivity index (χ0v) is 17.1. The minimum atomic E-state index is -2.90. The van der Waals surface area contributed by atoms with Crippen LogP contribution in [0, 0.1) is 13.8 Å². The summed E-state index contributed by atoms with van der Waals surface area (Å²) >= 11 is 0. The lowest BCUT2D eigenvalue weighted by atomic mass is 10.1. The van der Waals surface area contributed by atoms with Crippen molar-refractivity contribution in [3.05, 3.63) is 35.4 Å². The van der Waals surface area contributed by atoms with E-state index in [0.29, 0.717) is 13.2 Å². The second-order valence-corrected chi connectivity index (χ2v) is 13.6. The molecular formula is C17H30O3Si2. The number of rotatable bonds is 8. The predicted molar refractivity (Wildman–Crippen MR) is 99.1 cm³/mol. The van der Waals surface area contributed by atoms with E-state index in [-0.39, 0.29) is 0 Å². The van der Waals surface area contributed by atoms with Crippen molar-refractivity contribution in [2.75, 3.05) is 13.2 Å². The third kappa shape index (κ3) is 4.63. The van der Waals surface area contributed by atoms with Crippen molar-refractivity contribution in [2.24, 2.45) is 0 Å². The fourth-order valence-electron chi connectivity index (χ4n) is 2.68. The van der Waals surface area contributed by atoms with Gasteiger partial charge in [0.1, 0.15) is 0 Å². The highest BCUT2D eigenvalue weighted by Crippen LogP contribution is 2.22. The molecule has 0 unspecified atom stereocenters. The second kappa shape index (κ2) is 7.70. The topological polar surface area (TPSA) is 27.7 Å². The van der Waals surface area contributed by atoms with Crippen LogP contribution in [0.2, 0.25) is 19.6 Å². The molecule has 0 spiro atoms. The molecule has 0 atom stereocenters. The Kier molecular flexibility index (Phi) is 6.76. The van der Waals surface area contributed by atoms with Gasteiger partial charge < -0.3 is 13.0 Å². The fraction of sp³-hybridized carbons (Fsp3) is 0.529. The van der Waals surface area contributed by atoms with E-state index in [1.54, 1.807) is 0 Å². The summed E-state index contributed by atoms with van der Waals surface area (Å²) in [5.41, 5.74) is 3.42. The maximum absolute atomic E-state index is 6.53. The summed E-state index contributed by atoms with van der Waals surface area (Å²) in [5, 5.41) is 1.12. The molecule has 1 rings (SSSR count). The van der Waals surface area contributed by atoms with Gasteiger partial charge in [0.15, 0.2) is 8.32 Å². The molecular weight excluding hydrogens is 308 g/mol. The number of benzene rings is 1. The normalized spacial score (nSPS) is 12.5. The monoisotopic (exact) mass is 338 g/mol. The number of hydrogen-bond acceptors (Lipinski definition) is 3. The van der Waals surface area contributed by atoms with Gasteiger partial charge in [0.2, 0.25) is 0 Å². The van der Waals surface area contributed by atoms with Gasteiger partial charge in [-0.05, 0) is 64.0 Å². The molecule has 0 amide bonds. The summed E-state index contributed by atoms with van der Waals surface area (Å²) < 4.78 is 18.9. The number of hydrogen-bond donors (Lipinski definition) is 0. The van der Waals surface area contributed by atoms with Crippen molar-refractivity contribution < 1.29 is 13.0 Å². The van der Waals surface area contributed by atoms with E-state index in [1.807, 2.05) is 19.9 Å². The lowest BCUT2D eigenvalue weighted by molar-refractivity contribution is 0.129. The third-order valence-electron chi connectivity index (χ3n) is 3.21. The Hall–Kier alpha value is -0.726. The molecule has 22 heavy (non-hydrogen) atoms. The highest BCUT2D eigenvalue weighted by Gasteiger charge is 2.48. The van der Waals surface area contributed by atoms with E-state index in [2.05, 4.69) is 52.2 Å². The third-order valence-corrected chi connectivity index (χ3v) is 9.47. The van der Waals surface area contributed by atoms with Gasteiger partial charge >= 0.3 is 8.80 Å². The van der Waals surface area contributed by atoms with Crippen LogP contribution in [0.25, 0.3) is 6.08 Å². The Morgan fingerprint density at radius 3 is 1.77 bits per heavy atom. The van der Waals surface area contributed by atoms with E-state index >= 15 is 0 Å². The van der Waals surface area contributed by atoms with Gasteiger partial charge in [-0.25, -0.2) is 0 Å². The molecule has 0 bridgehead atoms.